The van der Waals surface area contributed by atoms with Crippen LogP contribution in [0.3, 0.4) is 0 Å². The first kappa shape index (κ1) is 16.1. The number of methoxy groups -OCH3 is 1. The average molecular weight is 338 g/mol. The lowest BCUT2D eigenvalue weighted by atomic mass is 9.99. The summed E-state index contributed by atoms with van der Waals surface area (Å²) in [6, 6.07) is 6.70. The van der Waals surface area contributed by atoms with Crippen LogP contribution in [0.2, 0.25) is 0 Å². The van der Waals surface area contributed by atoms with Gasteiger partial charge in [-0.1, -0.05) is 5.16 Å². The van der Waals surface area contributed by atoms with E-state index in [1.54, 1.807) is 12.1 Å². The molecular formula is C16H13F3N2O3. The van der Waals surface area contributed by atoms with E-state index in [-0.39, 0.29) is 17.9 Å². The van der Waals surface area contributed by atoms with Crippen molar-refractivity contribution in [2.45, 2.75) is 18.7 Å². The van der Waals surface area contributed by atoms with Crippen molar-refractivity contribution in [3.63, 3.8) is 0 Å². The van der Waals surface area contributed by atoms with E-state index in [0.29, 0.717) is 17.0 Å². The van der Waals surface area contributed by atoms with Crippen molar-refractivity contribution in [3.8, 4) is 11.5 Å². The summed E-state index contributed by atoms with van der Waals surface area (Å²) in [5.74, 6) is 0.429. The summed E-state index contributed by atoms with van der Waals surface area (Å²) in [7, 11) is 1.47. The van der Waals surface area contributed by atoms with Gasteiger partial charge in [-0.05, 0) is 30.3 Å². The van der Waals surface area contributed by atoms with Gasteiger partial charge in [0.15, 0.2) is 6.10 Å². The first-order chi connectivity index (χ1) is 11.4. The van der Waals surface area contributed by atoms with Crippen LogP contribution in [0.1, 0.15) is 29.3 Å². The Morgan fingerprint density at radius 3 is 2.79 bits per heavy atom. The highest BCUT2D eigenvalue weighted by Gasteiger charge is 2.38. The van der Waals surface area contributed by atoms with Gasteiger partial charge in [-0.15, -0.1) is 0 Å². The number of halogens is 3. The van der Waals surface area contributed by atoms with Crippen molar-refractivity contribution in [1.82, 2.24) is 4.98 Å². The molecule has 0 fully saturated rings. The fourth-order valence-electron chi connectivity index (χ4n) is 2.47. The molecule has 0 aliphatic carbocycles. The molecule has 1 N–H and O–H groups in total. The third-order valence-corrected chi connectivity index (χ3v) is 3.63. The minimum Gasteiger partial charge on any atom is -0.507 e. The second-order valence-electron chi connectivity index (χ2n) is 5.15. The smallest absolute Gasteiger partial charge is 0.418 e. The van der Waals surface area contributed by atoms with Crippen LogP contribution in [0.15, 0.2) is 41.7 Å². The van der Waals surface area contributed by atoms with E-state index >= 15 is 0 Å². The average Bonchev–Trinajstić information content (AvgIpc) is 3.04. The summed E-state index contributed by atoms with van der Waals surface area (Å²) in [6.45, 7) is 0. The topological polar surface area (TPSA) is 63.9 Å². The van der Waals surface area contributed by atoms with Crippen molar-refractivity contribution in [1.29, 1.82) is 0 Å². The molecule has 5 nitrogen and oxygen atoms in total. The van der Waals surface area contributed by atoms with Crippen molar-refractivity contribution in [2.75, 3.05) is 7.11 Å². The molecule has 0 bridgehead atoms. The molecule has 1 aromatic heterocycles. The highest BCUT2D eigenvalue weighted by molar-refractivity contribution is 6.03. The van der Waals surface area contributed by atoms with Gasteiger partial charge in [0.2, 0.25) is 0 Å². The van der Waals surface area contributed by atoms with E-state index < -0.39 is 17.8 Å². The molecule has 24 heavy (non-hydrogen) atoms. The minimum absolute atomic E-state index is 0.0564. The summed E-state index contributed by atoms with van der Waals surface area (Å²) in [6.07, 6.45) is -4.17. The lowest BCUT2D eigenvalue weighted by molar-refractivity contribution is -0.139. The fourth-order valence-corrected chi connectivity index (χ4v) is 2.47. The number of hydrogen-bond acceptors (Lipinski definition) is 5. The molecule has 0 radical (unpaired) electrons. The fraction of sp³-hybridized carbons (Fsp3) is 0.250. The number of ether oxygens (including phenoxy) is 1. The maximum Gasteiger partial charge on any atom is 0.418 e. The molecule has 3 rings (SSSR count). The molecule has 0 amide bonds. The Bertz CT molecular complexity index is 790. The summed E-state index contributed by atoms with van der Waals surface area (Å²) in [4.78, 5) is 8.95. The Labute approximate surface area is 135 Å². The predicted molar refractivity (Wildman–Crippen MR) is 78.9 cm³/mol. The van der Waals surface area contributed by atoms with Gasteiger partial charge in [-0.25, -0.2) is 0 Å². The van der Waals surface area contributed by atoms with Crippen LogP contribution in [0.4, 0.5) is 13.2 Å². The number of hydrogen-bond donors (Lipinski definition) is 1. The van der Waals surface area contributed by atoms with Crippen molar-refractivity contribution >= 4 is 5.71 Å². The van der Waals surface area contributed by atoms with Crippen LogP contribution in [0, 0.1) is 0 Å². The van der Waals surface area contributed by atoms with Gasteiger partial charge in [-0.2, -0.15) is 13.2 Å². The molecule has 1 aliphatic rings. The number of nitrogens with zero attached hydrogens (tertiary/aromatic N) is 2. The normalized spacial score (nSPS) is 17.3. The van der Waals surface area contributed by atoms with Gasteiger partial charge in [0.05, 0.1) is 24.1 Å². The van der Waals surface area contributed by atoms with Crippen LogP contribution >= 0.6 is 0 Å². The van der Waals surface area contributed by atoms with Crippen LogP contribution < -0.4 is 4.74 Å². The highest BCUT2D eigenvalue weighted by Crippen LogP contribution is 2.39. The lowest BCUT2D eigenvalue weighted by Gasteiger charge is -2.14. The predicted octanol–water partition coefficient (Wildman–Crippen LogP) is 3.68. The molecule has 1 aliphatic heterocycles. The highest BCUT2D eigenvalue weighted by atomic mass is 19.4. The molecule has 1 unspecified atom stereocenters. The molecule has 126 valence electrons. The lowest BCUT2D eigenvalue weighted by Crippen LogP contribution is -2.14. The van der Waals surface area contributed by atoms with Gasteiger partial charge in [0.25, 0.3) is 0 Å². The van der Waals surface area contributed by atoms with Crippen molar-refractivity contribution in [2.24, 2.45) is 5.16 Å². The van der Waals surface area contributed by atoms with Crippen LogP contribution in [-0.2, 0) is 11.0 Å². The zero-order chi connectivity index (χ0) is 17.3. The van der Waals surface area contributed by atoms with Crippen molar-refractivity contribution in [3.05, 3.63) is 53.3 Å². The molecule has 2 heterocycles. The third-order valence-electron chi connectivity index (χ3n) is 3.63. The van der Waals surface area contributed by atoms with Gasteiger partial charge in [0.1, 0.15) is 11.5 Å². The van der Waals surface area contributed by atoms with Crippen LogP contribution in [-0.4, -0.2) is 22.9 Å². The summed E-state index contributed by atoms with van der Waals surface area (Å²) in [5.41, 5.74) is -0.413. The molecular weight excluding hydrogens is 325 g/mol. The molecule has 8 heteroatoms. The Kier molecular flexibility index (Phi) is 4.04. The summed E-state index contributed by atoms with van der Waals surface area (Å²) >= 11 is 0. The zero-order valence-corrected chi connectivity index (χ0v) is 12.5. The largest absolute Gasteiger partial charge is 0.507 e. The SMILES string of the molecule is COc1ccc(O)c(C2=NOC(c3ncccc3C(F)(F)F)C2)c1. The maximum atomic E-state index is 13.1. The second-order valence-corrected chi connectivity index (χ2v) is 5.15. The molecule has 0 saturated heterocycles. The Morgan fingerprint density at radius 1 is 1.29 bits per heavy atom. The van der Waals surface area contributed by atoms with E-state index in [0.717, 1.165) is 6.07 Å². The Hall–Kier alpha value is -2.77. The number of phenolic OH excluding ortho intramolecular Hbond substituents is 1. The quantitative estimate of drug-likeness (QED) is 0.927. The number of rotatable bonds is 3. The third kappa shape index (κ3) is 2.99. The number of aromatic hydroxyl groups is 1. The van der Waals surface area contributed by atoms with Gasteiger partial charge in [-0.3, -0.25) is 4.98 Å². The number of phenols is 1. The van der Waals surface area contributed by atoms with E-state index in [9.17, 15) is 18.3 Å². The molecule has 2 aromatic rings. The van der Waals surface area contributed by atoms with Gasteiger partial charge in [0, 0.05) is 18.2 Å². The first-order valence-corrected chi connectivity index (χ1v) is 7.02. The standard InChI is InChI=1S/C16H13F3N2O3/c1-23-9-4-5-13(22)10(7-9)12-8-14(24-21-12)15-11(16(17,18)19)3-2-6-20-15/h2-7,14,22H,8H2,1H3. The number of benzene rings is 1. The number of alkyl halides is 3. The Morgan fingerprint density at radius 2 is 2.08 bits per heavy atom. The monoisotopic (exact) mass is 338 g/mol. The number of aromatic nitrogens is 1. The zero-order valence-electron chi connectivity index (χ0n) is 12.5. The van der Waals surface area contributed by atoms with Gasteiger partial charge < -0.3 is 14.7 Å². The van der Waals surface area contributed by atoms with Crippen molar-refractivity contribution < 1.29 is 27.9 Å². The minimum atomic E-state index is -4.53. The molecule has 1 aromatic carbocycles. The van der Waals surface area contributed by atoms with E-state index in [1.807, 2.05) is 0 Å². The number of oxime groups is 1. The summed E-state index contributed by atoms with van der Waals surface area (Å²) < 4.78 is 44.4. The maximum absolute atomic E-state index is 13.1. The van der Waals surface area contributed by atoms with E-state index in [2.05, 4.69) is 10.1 Å². The molecule has 0 saturated carbocycles. The van der Waals surface area contributed by atoms with E-state index in [1.165, 1.54) is 25.4 Å². The summed E-state index contributed by atoms with van der Waals surface area (Å²) in [5, 5.41) is 13.8. The van der Waals surface area contributed by atoms with Crippen LogP contribution in [0.25, 0.3) is 0 Å². The van der Waals surface area contributed by atoms with E-state index in [4.69, 9.17) is 9.57 Å². The first-order valence-electron chi connectivity index (χ1n) is 7.02. The Balaban J connectivity index is 1.89. The molecule has 0 spiro atoms. The molecule has 1 atom stereocenters. The second kappa shape index (κ2) is 6.03. The number of pyridine rings is 1. The van der Waals surface area contributed by atoms with Crippen LogP contribution in [0.5, 0.6) is 11.5 Å². The van der Waals surface area contributed by atoms with Gasteiger partial charge >= 0.3 is 6.18 Å².